The first-order chi connectivity index (χ1) is 4.25. The molecule has 0 atom stereocenters. The maximum absolute atomic E-state index is 10.7. The molecule has 0 amide bonds. The number of hydrogen-bond acceptors (Lipinski definition) is 3. The summed E-state index contributed by atoms with van der Waals surface area (Å²) in [5, 5.41) is 8.89. The Balaban J connectivity index is 2.82. The smallest absolute Gasteiger partial charge is 0.201 e. The highest BCUT2D eigenvalue weighted by atomic mass is 16.5. The Morgan fingerprint density at radius 2 is 2.22 bits per heavy atom. The summed E-state index contributed by atoms with van der Waals surface area (Å²) in [6.45, 7) is 0. The number of aliphatic hydroxyl groups excluding tert-OH is 1. The molecule has 0 fully saturated rings. The van der Waals surface area contributed by atoms with Crippen molar-refractivity contribution in [2.45, 2.75) is 12.8 Å². The number of Topliss-reactive ketones (excluding diaryl/α,β-unsaturated/α-hetero) is 1. The van der Waals surface area contributed by atoms with E-state index in [2.05, 4.69) is 4.74 Å². The van der Waals surface area contributed by atoms with Crippen LogP contribution in [0.1, 0.15) is 12.8 Å². The monoisotopic (exact) mass is 128 g/mol. The molecule has 0 heterocycles. The number of carbonyl (C=O) groups is 1. The Bertz CT molecular complexity index is 169. The quantitative estimate of drug-likeness (QED) is 0.567. The standard InChI is InChI=1S/C6H8O3/c1-9-6-4(7)2-3-5(6)8/h7H,2-3H2,1H3. The third-order valence-electron chi connectivity index (χ3n) is 1.31. The predicted octanol–water partition coefficient (Wildman–Crippen LogP) is 0.765. The van der Waals surface area contributed by atoms with Crippen LogP contribution in [-0.4, -0.2) is 18.0 Å². The molecule has 50 valence electrons. The van der Waals surface area contributed by atoms with Crippen LogP contribution < -0.4 is 0 Å². The zero-order valence-electron chi connectivity index (χ0n) is 5.18. The molecule has 1 aliphatic carbocycles. The van der Waals surface area contributed by atoms with Gasteiger partial charge in [-0.15, -0.1) is 0 Å². The van der Waals surface area contributed by atoms with Crippen LogP contribution in [0.2, 0.25) is 0 Å². The highest BCUT2D eigenvalue weighted by Crippen LogP contribution is 2.20. The van der Waals surface area contributed by atoms with Gasteiger partial charge >= 0.3 is 0 Å². The third-order valence-corrected chi connectivity index (χ3v) is 1.31. The lowest BCUT2D eigenvalue weighted by Crippen LogP contribution is -1.97. The largest absolute Gasteiger partial charge is 0.508 e. The van der Waals surface area contributed by atoms with Crippen molar-refractivity contribution in [1.29, 1.82) is 0 Å². The minimum Gasteiger partial charge on any atom is -0.508 e. The Labute approximate surface area is 52.9 Å². The minimum atomic E-state index is -0.102. The van der Waals surface area contributed by atoms with Crippen molar-refractivity contribution < 1.29 is 14.6 Å². The van der Waals surface area contributed by atoms with Crippen LogP contribution in [-0.2, 0) is 9.53 Å². The van der Waals surface area contributed by atoms with Crippen LogP contribution in [0.15, 0.2) is 11.5 Å². The molecule has 0 radical (unpaired) electrons. The molecule has 9 heavy (non-hydrogen) atoms. The molecule has 1 rings (SSSR count). The van der Waals surface area contributed by atoms with E-state index >= 15 is 0 Å². The second-order valence-corrected chi connectivity index (χ2v) is 1.90. The van der Waals surface area contributed by atoms with Crippen LogP contribution in [0.3, 0.4) is 0 Å². The first kappa shape index (κ1) is 6.13. The van der Waals surface area contributed by atoms with Gasteiger partial charge in [0.15, 0.2) is 5.76 Å². The maximum Gasteiger partial charge on any atom is 0.201 e. The van der Waals surface area contributed by atoms with Gasteiger partial charge in [-0.05, 0) is 0 Å². The molecule has 0 aliphatic heterocycles. The van der Waals surface area contributed by atoms with Gasteiger partial charge in [0.25, 0.3) is 0 Å². The molecular formula is C6H8O3. The van der Waals surface area contributed by atoms with Gasteiger partial charge in [0.1, 0.15) is 5.76 Å². The van der Waals surface area contributed by atoms with Crippen molar-refractivity contribution in [2.24, 2.45) is 0 Å². The van der Waals surface area contributed by atoms with Crippen LogP contribution in [0.25, 0.3) is 0 Å². The van der Waals surface area contributed by atoms with Gasteiger partial charge in [-0.1, -0.05) is 0 Å². The summed E-state index contributed by atoms with van der Waals surface area (Å²) in [5.41, 5.74) is 0. The van der Waals surface area contributed by atoms with E-state index in [1.54, 1.807) is 0 Å². The molecule has 1 N–H and O–H groups in total. The number of methoxy groups -OCH3 is 1. The van der Waals surface area contributed by atoms with Gasteiger partial charge in [-0.3, -0.25) is 4.79 Å². The fourth-order valence-corrected chi connectivity index (χ4v) is 0.852. The zero-order valence-corrected chi connectivity index (χ0v) is 5.18. The lowest BCUT2D eigenvalue weighted by atomic mass is 10.3. The van der Waals surface area contributed by atoms with Gasteiger partial charge in [-0.2, -0.15) is 0 Å². The summed E-state index contributed by atoms with van der Waals surface area (Å²) in [6, 6.07) is 0. The molecule has 0 bridgehead atoms. The van der Waals surface area contributed by atoms with E-state index in [0.29, 0.717) is 12.8 Å². The number of aliphatic hydroxyl groups is 1. The predicted molar refractivity (Wildman–Crippen MR) is 30.9 cm³/mol. The lowest BCUT2D eigenvalue weighted by Gasteiger charge is -1.95. The van der Waals surface area contributed by atoms with Crippen LogP contribution in [0.4, 0.5) is 0 Å². The first-order valence-corrected chi connectivity index (χ1v) is 2.75. The molecule has 0 unspecified atom stereocenters. The highest BCUT2D eigenvalue weighted by molar-refractivity contribution is 5.96. The summed E-state index contributed by atoms with van der Waals surface area (Å²) in [7, 11) is 1.38. The van der Waals surface area contributed by atoms with Gasteiger partial charge < -0.3 is 9.84 Å². The molecule has 0 aromatic heterocycles. The average Bonchev–Trinajstić information content (AvgIpc) is 2.12. The van der Waals surface area contributed by atoms with Crippen molar-refractivity contribution in [2.75, 3.05) is 7.11 Å². The SMILES string of the molecule is COC1=C(O)CCC1=O. The first-order valence-electron chi connectivity index (χ1n) is 2.75. The van der Waals surface area contributed by atoms with Gasteiger partial charge in [0, 0.05) is 12.8 Å². The fraction of sp³-hybridized carbons (Fsp3) is 0.500. The van der Waals surface area contributed by atoms with Crippen LogP contribution >= 0.6 is 0 Å². The lowest BCUT2D eigenvalue weighted by molar-refractivity contribution is -0.117. The summed E-state index contributed by atoms with van der Waals surface area (Å²) >= 11 is 0. The van der Waals surface area contributed by atoms with Crippen molar-refractivity contribution in [3.63, 3.8) is 0 Å². The Morgan fingerprint density at radius 1 is 1.56 bits per heavy atom. The topological polar surface area (TPSA) is 46.5 Å². The van der Waals surface area contributed by atoms with Gasteiger partial charge in [-0.25, -0.2) is 0 Å². The third kappa shape index (κ3) is 0.896. The molecule has 0 saturated carbocycles. The van der Waals surface area contributed by atoms with E-state index in [4.69, 9.17) is 5.11 Å². The number of carbonyl (C=O) groups excluding carboxylic acids is 1. The van der Waals surface area contributed by atoms with E-state index in [1.165, 1.54) is 7.11 Å². The summed E-state index contributed by atoms with van der Waals surface area (Å²) < 4.78 is 4.62. The molecule has 0 aromatic rings. The molecular weight excluding hydrogens is 120 g/mol. The molecule has 0 spiro atoms. The van der Waals surface area contributed by atoms with Gasteiger partial charge in [0.05, 0.1) is 7.11 Å². The number of ketones is 1. The summed E-state index contributed by atoms with van der Waals surface area (Å²) in [5.74, 6) is 0.118. The fourth-order valence-electron chi connectivity index (χ4n) is 0.852. The van der Waals surface area contributed by atoms with Crippen molar-refractivity contribution in [1.82, 2.24) is 0 Å². The maximum atomic E-state index is 10.7. The number of allylic oxidation sites excluding steroid dienone is 2. The Kier molecular flexibility index (Phi) is 1.42. The normalized spacial score (nSPS) is 19.0. The summed E-state index contributed by atoms with van der Waals surface area (Å²) in [4.78, 5) is 10.7. The molecule has 0 saturated heterocycles. The molecule has 0 aromatic carbocycles. The average molecular weight is 128 g/mol. The van der Waals surface area contributed by atoms with E-state index in [1.807, 2.05) is 0 Å². The van der Waals surface area contributed by atoms with E-state index in [0.717, 1.165) is 0 Å². The number of rotatable bonds is 1. The molecule has 3 nitrogen and oxygen atoms in total. The van der Waals surface area contributed by atoms with Crippen LogP contribution in [0.5, 0.6) is 0 Å². The van der Waals surface area contributed by atoms with Gasteiger partial charge in [0.2, 0.25) is 5.78 Å². The summed E-state index contributed by atoms with van der Waals surface area (Å²) in [6.07, 6.45) is 0.816. The zero-order chi connectivity index (χ0) is 6.85. The van der Waals surface area contributed by atoms with Crippen LogP contribution in [0, 0.1) is 0 Å². The second-order valence-electron chi connectivity index (χ2n) is 1.90. The second kappa shape index (κ2) is 2.09. The molecule has 1 aliphatic rings. The highest BCUT2D eigenvalue weighted by Gasteiger charge is 2.22. The van der Waals surface area contributed by atoms with E-state index in [-0.39, 0.29) is 17.3 Å². The van der Waals surface area contributed by atoms with E-state index in [9.17, 15) is 4.79 Å². The van der Waals surface area contributed by atoms with Crippen molar-refractivity contribution >= 4 is 5.78 Å². The number of ether oxygens (including phenoxy) is 1. The Morgan fingerprint density at radius 3 is 2.44 bits per heavy atom. The molecule has 3 heteroatoms. The van der Waals surface area contributed by atoms with Crippen molar-refractivity contribution in [3.8, 4) is 0 Å². The van der Waals surface area contributed by atoms with E-state index < -0.39 is 0 Å². The Hall–Kier alpha value is -0.990. The number of hydrogen-bond donors (Lipinski definition) is 1. The minimum absolute atomic E-state index is 0.0856. The van der Waals surface area contributed by atoms with Crippen molar-refractivity contribution in [3.05, 3.63) is 11.5 Å².